The van der Waals surface area contributed by atoms with Gasteiger partial charge in [-0.2, -0.15) is 0 Å². The first-order chi connectivity index (χ1) is 13.5. The van der Waals surface area contributed by atoms with Crippen molar-refractivity contribution in [2.24, 2.45) is 9.98 Å². The molecule has 1 saturated heterocycles. The molecule has 0 spiro atoms. The fourth-order valence-corrected chi connectivity index (χ4v) is 3.53. The Morgan fingerprint density at radius 2 is 1.64 bits per heavy atom. The molecule has 6 heteroatoms. The van der Waals surface area contributed by atoms with Gasteiger partial charge in [-0.3, -0.25) is 14.9 Å². The highest BCUT2D eigenvalue weighted by Gasteiger charge is 2.17. The number of thiol groups is 2. The molecule has 1 fully saturated rings. The van der Waals surface area contributed by atoms with E-state index in [4.69, 9.17) is 4.99 Å². The minimum atomic E-state index is 0.0283. The smallest absolute Gasteiger partial charge is 0.0969 e. The van der Waals surface area contributed by atoms with Crippen molar-refractivity contribution >= 4 is 48.6 Å². The SMILES string of the molecule is CN(C)c1ccc(C=Nc2ccc(CN=C3CCN(C(S)S)CC3)cc2)cc1. The lowest BCUT2D eigenvalue weighted by molar-refractivity contribution is 0.307. The Balaban J connectivity index is 1.53. The molecule has 1 aliphatic heterocycles. The molecule has 0 aromatic heterocycles. The average Bonchev–Trinajstić information content (AvgIpc) is 2.72. The van der Waals surface area contributed by atoms with Crippen molar-refractivity contribution in [3.63, 3.8) is 0 Å². The van der Waals surface area contributed by atoms with Gasteiger partial charge >= 0.3 is 0 Å². The highest BCUT2D eigenvalue weighted by atomic mass is 32.2. The number of anilines is 1. The molecule has 2 aromatic carbocycles. The molecule has 4 nitrogen and oxygen atoms in total. The molecular weight excluding hydrogens is 384 g/mol. The van der Waals surface area contributed by atoms with Crippen LogP contribution in [0.15, 0.2) is 58.5 Å². The van der Waals surface area contributed by atoms with E-state index in [2.05, 4.69) is 88.6 Å². The highest BCUT2D eigenvalue weighted by molar-refractivity contribution is 7.99. The van der Waals surface area contributed by atoms with E-state index in [0.717, 1.165) is 43.7 Å². The first kappa shape index (κ1) is 21.0. The summed E-state index contributed by atoms with van der Waals surface area (Å²) in [7, 11) is 4.08. The minimum absolute atomic E-state index is 0.0283. The molecule has 1 heterocycles. The number of piperidine rings is 1. The third-order valence-electron chi connectivity index (χ3n) is 4.90. The second kappa shape index (κ2) is 10.1. The van der Waals surface area contributed by atoms with E-state index in [9.17, 15) is 0 Å². The second-order valence-corrected chi connectivity index (χ2v) is 8.56. The van der Waals surface area contributed by atoms with Crippen LogP contribution in [0.5, 0.6) is 0 Å². The van der Waals surface area contributed by atoms with E-state index >= 15 is 0 Å². The molecule has 0 bridgehead atoms. The molecule has 2 aromatic rings. The maximum absolute atomic E-state index is 4.79. The zero-order valence-corrected chi connectivity index (χ0v) is 18.3. The van der Waals surface area contributed by atoms with E-state index in [-0.39, 0.29) is 4.71 Å². The zero-order valence-electron chi connectivity index (χ0n) is 16.5. The van der Waals surface area contributed by atoms with Crippen LogP contribution >= 0.6 is 25.3 Å². The summed E-state index contributed by atoms with van der Waals surface area (Å²) in [6.45, 7) is 2.70. The lowest BCUT2D eigenvalue weighted by atomic mass is 10.1. The predicted octanol–water partition coefficient (Wildman–Crippen LogP) is 4.68. The van der Waals surface area contributed by atoms with Crippen LogP contribution in [-0.2, 0) is 6.54 Å². The molecule has 3 rings (SSSR count). The Bertz CT molecular complexity index is 801. The molecule has 28 heavy (non-hydrogen) atoms. The molecule has 0 N–H and O–H groups in total. The molecule has 0 amide bonds. The summed E-state index contributed by atoms with van der Waals surface area (Å²) in [5, 5.41) is 0. The van der Waals surface area contributed by atoms with Crippen molar-refractivity contribution in [3.8, 4) is 0 Å². The predicted molar refractivity (Wildman–Crippen MR) is 128 cm³/mol. The Morgan fingerprint density at radius 1 is 1.00 bits per heavy atom. The van der Waals surface area contributed by atoms with Gasteiger partial charge in [-0.25, -0.2) is 0 Å². The van der Waals surface area contributed by atoms with Crippen LogP contribution in [0.4, 0.5) is 11.4 Å². The van der Waals surface area contributed by atoms with Crippen molar-refractivity contribution in [3.05, 3.63) is 59.7 Å². The van der Waals surface area contributed by atoms with Crippen molar-refractivity contribution in [2.75, 3.05) is 32.1 Å². The summed E-state index contributed by atoms with van der Waals surface area (Å²) < 4.78 is 0.0283. The summed E-state index contributed by atoms with van der Waals surface area (Å²) in [6.07, 6.45) is 3.91. The standard InChI is InChI=1S/C22H28N4S2/c1-25(2)21-9-5-18(6-10-21)16-23-19-7-3-17(4-8-19)15-24-20-11-13-26(14-12-20)22(27)28/h3-10,16,22,27-28H,11-15H2,1-2H3. The van der Waals surface area contributed by atoms with Crippen molar-refractivity contribution in [1.29, 1.82) is 0 Å². The number of hydrogen-bond acceptors (Lipinski definition) is 6. The third-order valence-corrected chi connectivity index (χ3v) is 5.55. The van der Waals surface area contributed by atoms with Crippen LogP contribution < -0.4 is 4.90 Å². The van der Waals surface area contributed by atoms with Gasteiger partial charge in [0.15, 0.2) is 0 Å². The van der Waals surface area contributed by atoms with Gasteiger partial charge in [-0.1, -0.05) is 24.3 Å². The van der Waals surface area contributed by atoms with Crippen LogP contribution in [0.25, 0.3) is 0 Å². The third kappa shape index (κ3) is 6.12. The molecule has 0 unspecified atom stereocenters. The number of likely N-dealkylation sites (tertiary alicyclic amines) is 1. The maximum atomic E-state index is 4.79. The van der Waals surface area contributed by atoms with E-state index in [1.54, 1.807) is 0 Å². The maximum Gasteiger partial charge on any atom is 0.0969 e. The van der Waals surface area contributed by atoms with Gasteiger partial charge in [0, 0.05) is 44.8 Å². The van der Waals surface area contributed by atoms with E-state index < -0.39 is 0 Å². The Kier molecular flexibility index (Phi) is 7.59. The summed E-state index contributed by atoms with van der Waals surface area (Å²) in [5.41, 5.74) is 5.74. The summed E-state index contributed by atoms with van der Waals surface area (Å²) in [5.74, 6) is 0. The van der Waals surface area contributed by atoms with E-state index in [0.29, 0.717) is 0 Å². The molecule has 0 aliphatic carbocycles. The van der Waals surface area contributed by atoms with Gasteiger partial charge in [0.25, 0.3) is 0 Å². The number of nitrogens with zero attached hydrogens (tertiary/aromatic N) is 4. The average molecular weight is 413 g/mol. The fraction of sp³-hybridized carbons (Fsp3) is 0.364. The molecule has 1 aliphatic rings. The minimum Gasteiger partial charge on any atom is -0.378 e. The van der Waals surface area contributed by atoms with E-state index in [1.165, 1.54) is 17.0 Å². The second-order valence-electron chi connectivity index (χ2n) is 7.18. The molecular formula is C22H28N4S2. The summed E-state index contributed by atoms with van der Waals surface area (Å²) in [6, 6.07) is 16.7. The number of benzene rings is 2. The normalized spacial score (nSPS) is 15.4. The van der Waals surface area contributed by atoms with Crippen LogP contribution in [0.3, 0.4) is 0 Å². The first-order valence-corrected chi connectivity index (χ1v) is 10.6. The lowest BCUT2D eigenvalue weighted by Gasteiger charge is -2.29. The Hall–Kier alpha value is -1.76. The molecule has 0 atom stereocenters. The molecule has 0 radical (unpaired) electrons. The van der Waals surface area contributed by atoms with Crippen molar-refractivity contribution in [1.82, 2.24) is 4.90 Å². The topological polar surface area (TPSA) is 31.2 Å². The quantitative estimate of drug-likeness (QED) is 0.410. The van der Waals surface area contributed by atoms with Crippen LogP contribution in [0.2, 0.25) is 0 Å². The van der Waals surface area contributed by atoms with Crippen molar-refractivity contribution < 1.29 is 0 Å². The van der Waals surface area contributed by atoms with Gasteiger partial charge in [0.05, 0.1) is 16.9 Å². The lowest BCUT2D eigenvalue weighted by Crippen LogP contribution is -2.36. The number of aliphatic imine (C=N–C) groups is 2. The summed E-state index contributed by atoms with van der Waals surface area (Å²) >= 11 is 8.76. The van der Waals surface area contributed by atoms with Gasteiger partial charge < -0.3 is 4.90 Å². The van der Waals surface area contributed by atoms with Crippen LogP contribution in [0.1, 0.15) is 24.0 Å². The van der Waals surface area contributed by atoms with Gasteiger partial charge in [-0.15, -0.1) is 25.3 Å². The summed E-state index contributed by atoms with van der Waals surface area (Å²) in [4.78, 5) is 13.7. The molecule has 148 valence electrons. The Labute approximate surface area is 179 Å². The number of hydrogen-bond donors (Lipinski definition) is 2. The zero-order chi connectivity index (χ0) is 19.9. The van der Waals surface area contributed by atoms with Crippen LogP contribution in [-0.4, -0.2) is 48.7 Å². The first-order valence-electron chi connectivity index (χ1n) is 9.54. The van der Waals surface area contributed by atoms with Gasteiger partial charge in [0.2, 0.25) is 0 Å². The Morgan fingerprint density at radius 3 is 2.21 bits per heavy atom. The van der Waals surface area contributed by atoms with E-state index in [1.807, 2.05) is 20.3 Å². The molecule has 0 saturated carbocycles. The van der Waals surface area contributed by atoms with Crippen molar-refractivity contribution in [2.45, 2.75) is 24.1 Å². The number of rotatable bonds is 6. The van der Waals surface area contributed by atoms with Gasteiger partial charge in [-0.05, 0) is 48.2 Å². The monoisotopic (exact) mass is 412 g/mol. The largest absolute Gasteiger partial charge is 0.378 e. The van der Waals surface area contributed by atoms with Crippen LogP contribution in [0, 0.1) is 0 Å². The fourth-order valence-electron chi connectivity index (χ4n) is 3.07. The van der Waals surface area contributed by atoms with Gasteiger partial charge in [0.1, 0.15) is 0 Å². The highest BCUT2D eigenvalue weighted by Crippen LogP contribution is 2.18.